The Morgan fingerprint density at radius 2 is 1.88 bits per heavy atom. The monoisotopic (exact) mass is 229 g/mol. The SMILES string of the molecule is CCCc1c(N)n[nH]c1-c1c(C)cccc1C. The van der Waals surface area contributed by atoms with Crippen LogP contribution in [0.5, 0.6) is 0 Å². The molecule has 3 N–H and O–H groups in total. The minimum atomic E-state index is 0.629. The summed E-state index contributed by atoms with van der Waals surface area (Å²) in [7, 11) is 0. The summed E-state index contributed by atoms with van der Waals surface area (Å²) >= 11 is 0. The van der Waals surface area contributed by atoms with Crippen LogP contribution in [0.1, 0.15) is 30.0 Å². The maximum atomic E-state index is 5.92. The standard InChI is InChI=1S/C14H19N3/c1-4-6-11-13(16-17-14(11)15)12-9(2)7-5-8-10(12)3/h5,7-8H,4,6H2,1-3H3,(H3,15,16,17). The van der Waals surface area contributed by atoms with E-state index in [0.29, 0.717) is 5.82 Å². The van der Waals surface area contributed by atoms with E-state index in [1.807, 2.05) is 0 Å². The van der Waals surface area contributed by atoms with E-state index < -0.39 is 0 Å². The van der Waals surface area contributed by atoms with Gasteiger partial charge in [-0.15, -0.1) is 0 Å². The van der Waals surface area contributed by atoms with Crippen molar-refractivity contribution < 1.29 is 0 Å². The van der Waals surface area contributed by atoms with Gasteiger partial charge in [-0.05, 0) is 31.4 Å². The molecule has 0 atom stereocenters. The number of benzene rings is 1. The van der Waals surface area contributed by atoms with E-state index in [1.165, 1.54) is 16.7 Å². The summed E-state index contributed by atoms with van der Waals surface area (Å²) in [4.78, 5) is 0. The molecule has 1 aromatic carbocycles. The Kier molecular flexibility index (Phi) is 3.18. The summed E-state index contributed by atoms with van der Waals surface area (Å²) in [6, 6.07) is 6.32. The van der Waals surface area contributed by atoms with Gasteiger partial charge in [-0.3, -0.25) is 5.10 Å². The Labute approximate surface area is 102 Å². The molecule has 0 aliphatic rings. The van der Waals surface area contributed by atoms with Gasteiger partial charge in [-0.1, -0.05) is 31.5 Å². The topological polar surface area (TPSA) is 54.7 Å². The fourth-order valence-corrected chi connectivity index (χ4v) is 2.30. The first-order chi connectivity index (χ1) is 8.15. The molecule has 3 nitrogen and oxygen atoms in total. The van der Waals surface area contributed by atoms with Crippen molar-refractivity contribution in [3.05, 3.63) is 34.9 Å². The molecular weight excluding hydrogens is 210 g/mol. The largest absolute Gasteiger partial charge is 0.382 e. The number of hydrogen-bond donors (Lipinski definition) is 2. The molecule has 2 rings (SSSR count). The normalized spacial score (nSPS) is 10.8. The summed E-state index contributed by atoms with van der Waals surface area (Å²) < 4.78 is 0. The van der Waals surface area contributed by atoms with E-state index in [1.54, 1.807) is 0 Å². The number of aromatic nitrogens is 2. The van der Waals surface area contributed by atoms with Gasteiger partial charge in [-0.25, -0.2) is 0 Å². The van der Waals surface area contributed by atoms with Gasteiger partial charge in [0.1, 0.15) is 5.82 Å². The quantitative estimate of drug-likeness (QED) is 0.849. The second-order valence-corrected chi connectivity index (χ2v) is 4.48. The van der Waals surface area contributed by atoms with E-state index in [2.05, 4.69) is 49.2 Å². The van der Waals surface area contributed by atoms with Crippen molar-refractivity contribution in [2.45, 2.75) is 33.6 Å². The Bertz CT molecular complexity index is 506. The summed E-state index contributed by atoms with van der Waals surface area (Å²) in [6.07, 6.45) is 2.03. The van der Waals surface area contributed by atoms with Crippen molar-refractivity contribution in [1.82, 2.24) is 10.2 Å². The van der Waals surface area contributed by atoms with Crippen molar-refractivity contribution >= 4 is 5.82 Å². The lowest BCUT2D eigenvalue weighted by molar-refractivity contribution is 0.926. The lowest BCUT2D eigenvalue weighted by atomic mass is 9.96. The average Bonchev–Trinajstić information content (AvgIpc) is 2.62. The zero-order chi connectivity index (χ0) is 12.4. The summed E-state index contributed by atoms with van der Waals surface area (Å²) in [6.45, 7) is 6.39. The predicted molar refractivity (Wildman–Crippen MR) is 71.9 cm³/mol. The molecule has 3 heteroatoms. The minimum Gasteiger partial charge on any atom is -0.382 e. The molecule has 0 aliphatic heterocycles. The van der Waals surface area contributed by atoms with Gasteiger partial charge in [0.15, 0.2) is 0 Å². The fraction of sp³-hybridized carbons (Fsp3) is 0.357. The first-order valence-electron chi connectivity index (χ1n) is 6.04. The summed E-state index contributed by atoms with van der Waals surface area (Å²) in [5, 5.41) is 7.23. The molecule has 17 heavy (non-hydrogen) atoms. The molecule has 1 aromatic heterocycles. The van der Waals surface area contributed by atoms with Crippen molar-refractivity contribution in [3.63, 3.8) is 0 Å². The zero-order valence-electron chi connectivity index (χ0n) is 10.7. The maximum Gasteiger partial charge on any atom is 0.149 e. The van der Waals surface area contributed by atoms with Crippen LogP contribution in [-0.2, 0) is 6.42 Å². The van der Waals surface area contributed by atoms with Crippen LogP contribution in [0.15, 0.2) is 18.2 Å². The Hall–Kier alpha value is -1.77. The van der Waals surface area contributed by atoms with E-state index in [-0.39, 0.29) is 0 Å². The van der Waals surface area contributed by atoms with Crippen LogP contribution in [0.2, 0.25) is 0 Å². The van der Waals surface area contributed by atoms with Gasteiger partial charge in [0.2, 0.25) is 0 Å². The molecule has 0 aliphatic carbocycles. The fourth-order valence-electron chi connectivity index (χ4n) is 2.30. The summed E-state index contributed by atoms with van der Waals surface area (Å²) in [5.74, 6) is 0.629. The second kappa shape index (κ2) is 4.62. The Morgan fingerprint density at radius 3 is 2.47 bits per heavy atom. The third-order valence-corrected chi connectivity index (χ3v) is 3.13. The molecule has 90 valence electrons. The first kappa shape index (κ1) is 11.7. The van der Waals surface area contributed by atoms with Gasteiger partial charge >= 0.3 is 0 Å². The number of H-pyrrole nitrogens is 1. The number of anilines is 1. The Morgan fingerprint density at radius 1 is 1.24 bits per heavy atom. The highest BCUT2D eigenvalue weighted by Crippen LogP contribution is 2.31. The van der Waals surface area contributed by atoms with Crippen molar-refractivity contribution in [3.8, 4) is 11.3 Å². The van der Waals surface area contributed by atoms with Crippen LogP contribution >= 0.6 is 0 Å². The molecule has 1 heterocycles. The first-order valence-corrected chi connectivity index (χ1v) is 6.04. The third kappa shape index (κ3) is 2.05. The van der Waals surface area contributed by atoms with Crippen LogP contribution < -0.4 is 5.73 Å². The van der Waals surface area contributed by atoms with Gasteiger partial charge in [0.25, 0.3) is 0 Å². The predicted octanol–water partition coefficient (Wildman–Crippen LogP) is 3.23. The number of aryl methyl sites for hydroxylation is 2. The van der Waals surface area contributed by atoms with Crippen molar-refractivity contribution in [2.75, 3.05) is 5.73 Å². The van der Waals surface area contributed by atoms with Crippen LogP contribution in [-0.4, -0.2) is 10.2 Å². The van der Waals surface area contributed by atoms with E-state index >= 15 is 0 Å². The van der Waals surface area contributed by atoms with E-state index in [0.717, 1.165) is 24.1 Å². The number of nitrogen functional groups attached to an aromatic ring is 1. The van der Waals surface area contributed by atoms with Crippen LogP contribution in [0, 0.1) is 13.8 Å². The summed E-state index contributed by atoms with van der Waals surface area (Å²) in [5.41, 5.74) is 11.9. The van der Waals surface area contributed by atoms with Crippen LogP contribution in [0.4, 0.5) is 5.82 Å². The molecule has 0 fully saturated rings. The number of nitrogens with two attached hydrogens (primary N) is 1. The zero-order valence-corrected chi connectivity index (χ0v) is 10.7. The average molecular weight is 229 g/mol. The molecular formula is C14H19N3. The van der Waals surface area contributed by atoms with Crippen molar-refractivity contribution in [1.29, 1.82) is 0 Å². The number of nitrogens with one attached hydrogen (secondary N) is 1. The Balaban J connectivity index is 2.60. The van der Waals surface area contributed by atoms with Crippen LogP contribution in [0.25, 0.3) is 11.3 Å². The molecule has 0 bridgehead atoms. The maximum absolute atomic E-state index is 5.92. The molecule has 0 saturated heterocycles. The molecule has 2 aromatic rings. The van der Waals surface area contributed by atoms with Gasteiger partial charge < -0.3 is 5.73 Å². The highest BCUT2D eigenvalue weighted by atomic mass is 15.2. The van der Waals surface area contributed by atoms with E-state index in [9.17, 15) is 0 Å². The van der Waals surface area contributed by atoms with E-state index in [4.69, 9.17) is 5.73 Å². The lowest BCUT2D eigenvalue weighted by Gasteiger charge is -2.09. The second-order valence-electron chi connectivity index (χ2n) is 4.48. The molecule has 0 unspecified atom stereocenters. The lowest BCUT2D eigenvalue weighted by Crippen LogP contribution is -1.95. The van der Waals surface area contributed by atoms with Gasteiger partial charge in [0.05, 0.1) is 5.69 Å². The number of nitrogens with zero attached hydrogens (tertiary/aromatic N) is 1. The van der Waals surface area contributed by atoms with Crippen molar-refractivity contribution in [2.24, 2.45) is 0 Å². The van der Waals surface area contributed by atoms with Crippen LogP contribution in [0.3, 0.4) is 0 Å². The number of rotatable bonds is 3. The number of hydrogen-bond acceptors (Lipinski definition) is 2. The minimum absolute atomic E-state index is 0.629. The molecule has 0 amide bonds. The molecule has 0 spiro atoms. The number of aromatic amines is 1. The highest BCUT2D eigenvalue weighted by Gasteiger charge is 2.14. The molecule has 0 saturated carbocycles. The van der Waals surface area contributed by atoms with Gasteiger partial charge in [0, 0.05) is 11.1 Å². The van der Waals surface area contributed by atoms with Gasteiger partial charge in [-0.2, -0.15) is 5.10 Å². The smallest absolute Gasteiger partial charge is 0.149 e. The molecule has 0 radical (unpaired) electrons. The highest BCUT2D eigenvalue weighted by molar-refractivity contribution is 5.73. The third-order valence-electron chi connectivity index (χ3n) is 3.13.